The number of anilines is 1. The van der Waals surface area contributed by atoms with Crippen molar-refractivity contribution in [2.75, 3.05) is 37.6 Å². The van der Waals surface area contributed by atoms with Crippen molar-refractivity contribution in [3.05, 3.63) is 72.6 Å². The number of sulfonamides is 1. The molecule has 8 heteroatoms. The van der Waals surface area contributed by atoms with Crippen LogP contribution in [0.4, 0.5) is 10.1 Å². The van der Waals surface area contributed by atoms with E-state index in [1.807, 2.05) is 4.90 Å². The van der Waals surface area contributed by atoms with E-state index in [-0.39, 0.29) is 23.2 Å². The lowest BCUT2D eigenvalue weighted by molar-refractivity contribution is 0.0746. The van der Waals surface area contributed by atoms with E-state index in [0.29, 0.717) is 37.4 Å². The topological polar surface area (TPSA) is 69.7 Å². The van der Waals surface area contributed by atoms with E-state index in [0.717, 1.165) is 0 Å². The lowest BCUT2D eigenvalue weighted by Crippen LogP contribution is -2.49. The van der Waals surface area contributed by atoms with Crippen LogP contribution in [-0.2, 0) is 10.0 Å². The Bertz CT molecular complexity index is 970. The van der Waals surface area contributed by atoms with Crippen molar-refractivity contribution in [1.29, 1.82) is 0 Å². The van der Waals surface area contributed by atoms with Gasteiger partial charge >= 0.3 is 0 Å². The largest absolute Gasteiger partial charge is 0.366 e. The summed E-state index contributed by atoms with van der Waals surface area (Å²) in [7, 11) is -3.70. The fourth-order valence-corrected chi connectivity index (χ4v) is 4.13. The molecule has 1 N–H and O–H groups in total. The minimum Gasteiger partial charge on any atom is -0.366 e. The van der Waals surface area contributed by atoms with Crippen molar-refractivity contribution in [1.82, 2.24) is 9.62 Å². The number of piperazine rings is 1. The van der Waals surface area contributed by atoms with Crippen LogP contribution in [0.1, 0.15) is 10.4 Å². The second-order valence-electron chi connectivity index (χ2n) is 6.40. The molecule has 0 bridgehead atoms. The second-order valence-corrected chi connectivity index (χ2v) is 8.17. The lowest BCUT2D eigenvalue weighted by atomic mass is 10.1. The Morgan fingerprint density at radius 3 is 2.50 bits per heavy atom. The summed E-state index contributed by atoms with van der Waals surface area (Å²) in [6.07, 6.45) is 1.45. The zero-order valence-electron chi connectivity index (χ0n) is 15.3. The molecular formula is C20H22FN3O3S. The Morgan fingerprint density at radius 2 is 1.82 bits per heavy atom. The molecule has 6 nitrogen and oxygen atoms in total. The predicted octanol–water partition coefficient (Wildman–Crippen LogP) is 2.25. The smallest absolute Gasteiger partial charge is 0.254 e. The molecule has 1 amide bonds. The van der Waals surface area contributed by atoms with E-state index in [4.69, 9.17) is 0 Å². The van der Waals surface area contributed by atoms with Crippen LogP contribution in [0.5, 0.6) is 0 Å². The summed E-state index contributed by atoms with van der Waals surface area (Å²) in [4.78, 5) is 16.4. The maximum Gasteiger partial charge on any atom is 0.254 e. The van der Waals surface area contributed by atoms with Crippen LogP contribution in [0.15, 0.2) is 66.1 Å². The van der Waals surface area contributed by atoms with Crippen LogP contribution in [0.3, 0.4) is 0 Å². The van der Waals surface area contributed by atoms with Crippen LogP contribution >= 0.6 is 0 Å². The van der Waals surface area contributed by atoms with Crippen LogP contribution in [-0.4, -0.2) is 51.9 Å². The normalized spacial score (nSPS) is 14.8. The highest BCUT2D eigenvalue weighted by Gasteiger charge is 2.24. The number of rotatable bonds is 6. The molecule has 1 aliphatic rings. The number of benzene rings is 2. The average Bonchev–Trinajstić information content (AvgIpc) is 2.72. The van der Waals surface area contributed by atoms with Crippen LogP contribution < -0.4 is 9.62 Å². The molecule has 2 aromatic carbocycles. The summed E-state index contributed by atoms with van der Waals surface area (Å²) in [5, 5.41) is 0. The molecule has 3 rings (SSSR count). The summed E-state index contributed by atoms with van der Waals surface area (Å²) in [5.41, 5.74) is 0.830. The Balaban J connectivity index is 1.70. The lowest BCUT2D eigenvalue weighted by Gasteiger charge is -2.36. The van der Waals surface area contributed by atoms with Gasteiger partial charge in [0.05, 0.1) is 10.6 Å². The van der Waals surface area contributed by atoms with Crippen molar-refractivity contribution in [2.45, 2.75) is 4.90 Å². The number of carbonyl (C=O) groups excluding carboxylic acids is 1. The summed E-state index contributed by atoms with van der Waals surface area (Å²) in [5.74, 6) is -0.527. The van der Waals surface area contributed by atoms with Gasteiger partial charge in [-0.3, -0.25) is 4.79 Å². The second kappa shape index (κ2) is 8.53. The van der Waals surface area contributed by atoms with Gasteiger partial charge in [0.15, 0.2) is 0 Å². The monoisotopic (exact) mass is 403 g/mol. The molecule has 1 fully saturated rings. The molecule has 0 atom stereocenters. The van der Waals surface area contributed by atoms with Crippen LogP contribution in [0.2, 0.25) is 0 Å². The fraction of sp³-hybridized carbons (Fsp3) is 0.250. The van der Waals surface area contributed by atoms with E-state index in [1.165, 1.54) is 24.3 Å². The zero-order valence-corrected chi connectivity index (χ0v) is 16.2. The van der Waals surface area contributed by atoms with Crippen molar-refractivity contribution in [2.24, 2.45) is 0 Å². The molecule has 28 heavy (non-hydrogen) atoms. The maximum atomic E-state index is 13.9. The highest BCUT2D eigenvalue weighted by molar-refractivity contribution is 7.89. The standard InChI is InChI=1S/C20H22FN3O3S/c1-2-10-22-28(26,27)17-7-5-6-16(15-17)20(25)24-13-11-23(12-14-24)19-9-4-3-8-18(19)21/h2-9,15,22H,1,10-14H2. The third kappa shape index (κ3) is 4.40. The molecule has 1 aliphatic heterocycles. The summed E-state index contributed by atoms with van der Waals surface area (Å²) in [6, 6.07) is 12.5. The molecule has 0 aromatic heterocycles. The number of nitrogens with one attached hydrogen (secondary N) is 1. The molecular weight excluding hydrogens is 381 g/mol. The number of halogens is 1. The van der Waals surface area contributed by atoms with E-state index < -0.39 is 10.0 Å². The van der Waals surface area contributed by atoms with Crippen molar-refractivity contribution < 1.29 is 17.6 Å². The van der Waals surface area contributed by atoms with Crippen molar-refractivity contribution >= 4 is 21.6 Å². The molecule has 148 valence electrons. The first kappa shape index (κ1) is 20.0. The van der Waals surface area contributed by atoms with Gasteiger partial charge in [0, 0.05) is 38.3 Å². The van der Waals surface area contributed by atoms with Gasteiger partial charge in [0.2, 0.25) is 10.0 Å². The van der Waals surface area contributed by atoms with Gasteiger partial charge in [-0.2, -0.15) is 0 Å². The first-order chi connectivity index (χ1) is 13.4. The SMILES string of the molecule is C=CCNS(=O)(=O)c1cccc(C(=O)N2CCN(c3ccccc3F)CC2)c1. The predicted molar refractivity (Wildman–Crippen MR) is 106 cm³/mol. The van der Waals surface area contributed by atoms with Crippen molar-refractivity contribution in [3.8, 4) is 0 Å². The Labute approximate surface area is 164 Å². The Hall–Kier alpha value is -2.71. The van der Waals surface area contributed by atoms with Gasteiger partial charge in [-0.05, 0) is 30.3 Å². The highest BCUT2D eigenvalue weighted by atomic mass is 32.2. The summed E-state index contributed by atoms with van der Waals surface area (Å²) < 4.78 is 40.8. The Morgan fingerprint density at radius 1 is 1.11 bits per heavy atom. The average molecular weight is 403 g/mol. The molecule has 1 saturated heterocycles. The summed E-state index contributed by atoms with van der Waals surface area (Å²) >= 11 is 0. The molecule has 0 spiro atoms. The maximum absolute atomic E-state index is 13.9. The number of amides is 1. The van der Waals surface area contributed by atoms with Gasteiger partial charge < -0.3 is 9.80 Å². The zero-order chi connectivity index (χ0) is 20.1. The van der Waals surface area contributed by atoms with Gasteiger partial charge in [-0.25, -0.2) is 17.5 Å². The molecule has 0 unspecified atom stereocenters. The molecule has 2 aromatic rings. The van der Waals surface area contributed by atoms with E-state index in [9.17, 15) is 17.6 Å². The molecule has 0 radical (unpaired) electrons. The van der Waals surface area contributed by atoms with Crippen molar-refractivity contribution in [3.63, 3.8) is 0 Å². The third-order valence-corrected chi connectivity index (χ3v) is 5.99. The van der Waals surface area contributed by atoms with E-state index >= 15 is 0 Å². The van der Waals surface area contributed by atoms with E-state index in [1.54, 1.807) is 35.2 Å². The highest BCUT2D eigenvalue weighted by Crippen LogP contribution is 2.21. The minimum atomic E-state index is -3.70. The number of para-hydroxylation sites is 1. The first-order valence-electron chi connectivity index (χ1n) is 8.92. The first-order valence-corrected chi connectivity index (χ1v) is 10.4. The van der Waals surface area contributed by atoms with Crippen LogP contribution in [0, 0.1) is 5.82 Å². The number of hydrogen-bond donors (Lipinski definition) is 1. The quantitative estimate of drug-likeness (QED) is 0.751. The Kier molecular flexibility index (Phi) is 6.11. The molecule has 0 aliphatic carbocycles. The third-order valence-electron chi connectivity index (χ3n) is 4.57. The number of carbonyl (C=O) groups is 1. The van der Waals surface area contributed by atoms with Gasteiger partial charge in [-0.15, -0.1) is 6.58 Å². The molecule has 1 heterocycles. The summed E-state index contributed by atoms with van der Waals surface area (Å²) in [6.45, 7) is 5.46. The van der Waals surface area contributed by atoms with E-state index in [2.05, 4.69) is 11.3 Å². The number of hydrogen-bond acceptors (Lipinski definition) is 4. The molecule has 0 saturated carbocycles. The minimum absolute atomic E-state index is 0.0326. The number of nitrogens with zero attached hydrogens (tertiary/aromatic N) is 2. The van der Waals surface area contributed by atoms with Gasteiger partial charge in [-0.1, -0.05) is 24.3 Å². The van der Waals surface area contributed by atoms with Crippen LogP contribution in [0.25, 0.3) is 0 Å². The fourth-order valence-electron chi connectivity index (χ4n) is 3.09. The van der Waals surface area contributed by atoms with Gasteiger partial charge in [0.1, 0.15) is 5.82 Å². The van der Waals surface area contributed by atoms with Gasteiger partial charge in [0.25, 0.3) is 5.91 Å².